The third kappa shape index (κ3) is 39.7. The zero-order valence-electron chi connectivity index (χ0n) is 35.2. The molecule has 0 aliphatic rings. The molecule has 54 heavy (non-hydrogen) atoms. The van der Waals surface area contributed by atoms with Gasteiger partial charge >= 0.3 is 19.8 Å². The van der Waals surface area contributed by atoms with Crippen molar-refractivity contribution < 1.29 is 42.1 Å². The van der Waals surface area contributed by atoms with Crippen LogP contribution >= 0.6 is 7.82 Å². The van der Waals surface area contributed by atoms with E-state index >= 15 is 0 Å². The van der Waals surface area contributed by atoms with E-state index in [1.807, 2.05) is 21.1 Å². The standard InChI is InChI=1S/C44H80NO8P/c1-6-8-10-12-14-16-18-20-22-24-26-28-30-32-34-36-43(46)50-40-42(41-52-54(48,49)51-39-38-45(3,4)5)53-44(47)37-35-33-31-29-27-25-23-21-19-17-15-13-11-9-7-2/h9,11,15,17,21,23,26,28,42H,6-8,10,12-14,16,18-20,22,24-25,27,29-41H2,1-5H3/p+1/b11-9+,17-15+,23-21+,28-26+/t42-/m1/s1. The fourth-order valence-corrected chi connectivity index (χ4v) is 6.23. The van der Waals surface area contributed by atoms with Gasteiger partial charge in [0.15, 0.2) is 6.10 Å². The number of carbonyl (C=O) groups excluding carboxylic acids is 2. The first-order chi connectivity index (χ1) is 26.0. The van der Waals surface area contributed by atoms with Crippen molar-refractivity contribution in [1.29, 1.82) is 0 Å². The molecule has 0 fully saturated rings. The van der Waals surface area contributed by atoms with Crippen molar-refractivity contribution in [3.63, 3.8) is 0 Å². The molecule has 0 aliphatic carbocycles. The number of phosphoric acid groups is 1. The van der Waals surface area contributed by atoms with Crippen LogP contribution in [0, 0.1) is 0 Å². The van der Waals surface area contributed by atoms with E-state index in [1.54, 1.807) is 0 Å². The molecule has 0 amide bonds. The Bertz CT molecular complexity index is 1070. The summed E-state index contributed by atoms with van der Waals surface area (Å²) in [6.45, 7) is 4.26. The molecular formula is C44H81NO8P+. The van der Waals surface area contributed by atoms with Crippen LogP contribution in [0.3, 0.4) is 0 Å². The number of rotatable bonds is 38. The summed E-state index contributed by atoms with van der Waals surface area (Å²) in [7, 11) is 1.45. The summed E-state index contributed by atoms with van der Waals surface area (Å²) in [6, 6.07) is 0. The van der Waals surface area contributed by atoms with Gasteiger partial charge in [-0.05, 0) is 70.6 Å². The van der Waals surface area contributed by atoms with Gasteiger partial charge in [-0.1, -0.05) is 133 Å². The maximum atomic E-state index is 12.7. The Labute approximate surface area is 331 Å². The molecule has 2 atom stereocenters. The lowest BCUT2D eigenvalue weighted by Crippen LogP contribution is -2.37. The number of phosphoric ester groups is 1. The molecule has 0 saturated carbocycles. The molecule has 0 bridgehead atoms. The SMILES string of the molecule is CC/C=C/C/C=C/C/C=C/CCCCCCCC(=O)O[C@H](COC(=O)CCCC/C=C/CCCCCCCCCCC)COP(=O)(O)OCC[N+](C)(C)C. The third-order valence-electron chi connectivity index (χ3n) is 8.84. The van der Waals surface area contributed by atoms with Crippen LogP contribution in [0.2, 0.25) is 0 Å². The number of nitrogens with zero attached hydrogens (tertiary/aromatic N) is 1. The second-order valence-electron chi connectivity index (χ2n) is 15.3. The number of carbonyl (C=O) groups is 2. The maximum absolute atomic E-state index is 12.7. The van der Waals surface area contributed by atoms with Crippen LogP contribution in [0.4, 0.5) is 0 Å². The number of allylic oxidation sites excluding steroid dienone is 8. The highest BCUT2D eigenvalue weighted by Crippen LogP contribution is 2.43. The monoisotopic (exact) mass is 783 g/mol. The Balaban J connectivity index is 4.44. The van der Waals surface area contributed by atoms with Crippen molar-refractivity contribution in [1.82, 2.24) is 0 Å². The van der Waals surface area contributed by atoms with Gasteiger partial charge in [-0.3, -0.25) is 18.6 Å². The average Bonchev–Trinajstić information content (AvgIpc) is 3.12. The zero-order valence-corrected chi connectivity index (χ0v) is 36.1. The Morgan fingerprint density at radius 2 is 1.06 bits per heavy atom. The van der Waals surface area contributed by atoms with E-state index < -0.39 is 32.5 Å². The molecule has 0 aliphatic heterocycles. The van der Waals surface area contributed by atoms with Crippen LogP contribution in [-0.2, 0) is 32.7 Å². The predicted octanol–water partition coefficient (Wildman–Crippen LogP) is 11.9. The summed E-state index contributed by atoms with van der Waals surface area (Å²) in [5.74, 6) is -0.846. The molecule has 1 N–H and O–H groups in total. The molecule has 0 heterocycles. The second kappa shape index (κ2) is 36.6. The number of hydrogen-bond acceptors (Lipinski definition) is 7. The Morgan fingerprint density at radius 3 is 1.63 bits per heavy atom. The van der Waals surface area contributed by atoms with E-state index in [4.69, 9.17) is 18.5 Å². The fraction of sp³-hybridized carbons (Fsp3) is 0.773. The lowest BCUT2D eigenvalue weighted by Gasteiger charge is -2.24. The number of likely N-dealkylation sites (N-methyl/N-ethyl adjacent to an activating group) is 1. The van der Waals surface area contributed by atoms with Gasteiger partial charge in [-0.15, -0.1) is 0 Å². The van der Waals surface area contributed by atoms with E-state index in [9.17, 15) is 19.0 Å². The number of quaternary nitrogens is 1. The highest BCUT2D eigenvalue weighted by molar-refractivity contribution is 7.47. The fourth-order valence-electron chi connectivity index (χ4n) is 5.49. The van der Waals surface area contributed by atoms with Crippen molar-refractivity contribution in [2.24, 2.45) is 0 Å². The molecule has 0 saturated heterocycles. The van der Waals surface area contributed by atoms with Crippen LogP contribution in [0.1, 0.15) is 168 Å². The number of unbranched alkanes of at least 4 members (excludes halogenated alkanes) is 16. The van der Waals surface area contributed by atoms with Crippen LogP contribution < -0.4 is 0 Å². The minimum atomic E-state index is -4.38. The summed E-state index contributed by atoms with van der Waals surface area (Å²) < 4.78 is 34.2. The van der Waals surface area contributed by atoms with Gasteiger partial charge < -0.3 is 18.9 Å². The molecule has 0 aromatic heterocycles. The predicted molar refractivity (Wildman–Crippen MR) is 224 cm³/mol. The van der Waals surface area contributed by atoms with Crippen molar-refractivity contribution in [2.45, 2.75) is 174 Å². The Kier molecular flexibility index (Phi) is 35.2. The Morgan fingerprint density at radius 1 is 0.593 bits per heavy atom. The quantitative estimate of drug-likeness (QED) is 0.0217. The van der Waals surface area contributed by atoms with Crippen LogP contribution in [0.5, 0.6) is 0 Å². The van der Waals surface area contributed by atoms with Gasteiger partial charge in [0, 0.05) is 12.8 Å². The van der Waals surface area contributed by atoms with Gasteiger partial charge in [0.1, 0.15) is 19.8 Å². The first kappa shape index (κ1) is 52.0. The number of ether oxygens (including phenoxy) is 2. The molecule has 0 radical (unpaired) electrons. The summed E-state index contributed by atoms with van der Waals surface area (Å²) in [5, 5.41) is 0. The molecule has 10 heteroatoms. The maximum Gasteiger partial charge on any atom is 0.472 e. The van der Waals surface area contributed by atoms with Crippen molar-refractivity contribution in [2.75, 3.05) is 47.5 Å². The highest BCUT2D eigenvalue weighted by Gasteiger charge is 2.27. The van der Waals surface area contributed by atoms with Crippen molar-refractivity contribution in [3.8, 4) is 0 Å². The van der Waals surface area contributed by atoms with Gasteiger partial charge in [0.05, 0.1) is 27.7 Å². The smallest absolute Gasteiger partial charge is 0.462 e. The molecule has 1 unspecified atom stereocenters. The molecule has 0 spiro atoms. The van der Waals surface area contributed by atoms with E-state index in [2.05, 4.69) is 62.5 Å². The van der Waals surface area contributed by atoms with Crippen molar-refractivity contribution >= 4 is 19.8 Å². The third-order valence-corrected chi connectivity index (χ3v) is 9.83. The van der Waals surface area contributed by atoms with Crippen molar-refractivity contribution in [3.05, 3.63) is 48.6 Å². The van der Waals surface area contributed by atoms with E-state index in [1.165, 1.54) is 57.8 Å². The largest absolute Gasteiger partial charge is 0.472 e. The number of esters is 2. The lowest BCUT2D eigenvalue weighted by molar-refractivity contribution is -0.870. The van der Waals surface area contributed by atoms with Gasteiger partial charge in [-0.2, -0.15) is 0 Å². The molecular weight excluding hydrogens is 701 g/mol. The van der Waals surface area contributed by atoms with Crippen LogP contribution in [-0.4, -0.2) is 74.9 Å². The lowest BCUT2D eigenvalue weighted by atomic mass is 10.1. The van der Waals surface area contributed by atoms with Crippen LogP contribution in [0.25, 0.3) is 0 Å². The molecule has 0 aromatic carbocycles. The summed E-state index contributed by atoms with van der Waals surface area (Å²) in [6.07, 6.45) is 41.6. The first-order valence-electron chi connectivity index (χ1n) is 21.4. The van der Waals surface area contributed by atoms with E-state index in [-0.39, 0.29) is 26.1 Å². The Hall–Kier alpha value is -2.03. The highest BCUT2D eigenvalue weighted by atomic mass is 31.2. The van der Waals surface area contributed by atoms with Gasteiger partial charge in [-0.25, -0.2) is 4.57 Å². The number of hydrogen-bond donors (Lipinski definition) is 1. The van der Waals surface area contributed by atoms with E-state index in [0.29, 0.717) is 23.9 Å². The topological polar surface area (TPSA) is 108 Å². The minimum Gasteiger partial charge on any atom is -0.462 e. The van der Waals surface area contributed by atoms with Gasteiger partial charge in [0.2, 0.25) is 0 Å². The zero-order chi connectivity index (χ0) is 40.0. The average molecular weight is 783 g/mol. The first-order valence-corrected chi connectivity index (χ1v) is 22.9. The minimum absolute atomic E-state index is 0.0238. The summed E-state index contributed by atoms with van der Waals surface area (Å²) in [5.41, 5.74) is 0. The summed E-state index contributed by atoms with van der Waals surface area (Å²) >= 11 is 0. The molecule has 0 aromatic rings. The normalized spacial score (nSPS) is 14.1. The summed E-state index contributed by atoms with van der Waals surface area (Å²) in [4.78, 5) is 35.3. The molecule has 0 rings (SSSR count). The molecule has 314 valence electrons. The second-order valence-corrected chi connectivity index (χ2v) is 16.8. The van der Waals surface area contributed by atoms with E-state index in [0.717, 1.165) is 70.6 Å². The van der Waals surface area contributed by atoms with Gasteiger partial charge in [0.25, 0.3) is 0 Å². The van der Waals surface area contributed by atoms with Crippen LogP contribution in [0.15, 0.2) is 48.6 Å². The molecule has 9 nitrogen and oxygen atoms in total.